The Morgan fingerprint density at radius 1 is 1.25 bits per heavy atom. The second-order valence-corrected chi connectivity index (χ2v) is 6.25. The molecule has 0 aliphatic carbocycles. The molecule has 0 radical (unpaired) electrons. The predicted molar refractivity (Wildman–Crippen MR) is 91.4 cm³/mol. The zero-order chi connectivity index (χ0) is 17.7. The fourth-order valence-corrected chi connectivity index (χ4v) is 2.01. The van der Waals surface area contributed by atoms with Crippen molar-refractivity contribution in [3.63, 3.8) is 0 Å². The van der Waals surface area contributed by atoms with Crippen molar-refractivity contribution in [1.82, 2.24) is 15.1 Å². The fraction of sp³-hybridized carbons (Fsp3) is 0.353. The van der Waals surface area contributed by atoms with Gasteiger partial charge in [-0.25, -0.2) is 14.3 Å². The molecule has 0 unspecified atom stereocenters. The van der Waals surface area contributed by atoms with Crippen LogP contribution in [0.15, 0.2) is 36.5 Å². The number of hydrogen-bond acceptors (Lipinski definition) is 4. The lowest BCUT2D eigenvalue weighted by molar-refractivity contribution is 0.0519. The van der Waals surface area contributed by atoms with Gasteiger partial charge in [-0.1, -0.05) is 6.07 Å². The molecule has 0 atom stereocenters. The molecule has 0 saturated heterocycles. The molecule has 2 rings (SSSR count). The second-order valence-electron chi connectivity index (χ2n) is 6.25. The van der Waals surface area contributed by atoms with Crippen molar-refractivity contribution in [2.45, 2.75) is 33.2 Å². The van der Waals surface area contributed by atoms with Gasteiger partial charge in [0.15, 0.2) is 5.69 Å². The minimum Gasteiger partial charge on any atom is -0.461 e. The van der Waals surface area contributed by atoms with Crippen LogP contribution in [0.25, 0.3) is 5.69 Å². The van der Waals surface area contributed by atoms with Crippen LogP contribution in [0.4, 0.5) is 10.5 Å². The molecule has 24 heavy (non-hydrogen) atoms. The standard InChI is InChI=1S/C17H22N4O3/c1-5-24-15(22)14-9-10-21(20-14)13-8-6-7-12(11-13)18-16(23)19-17(2,3)4/h6-11H,5H2,1-4H3,(H2,18,19,23). The van der Waals surface area contributed by atoms with Crippen LogP contribution < -0.4 is 10.6 Å². The first-order chi connectivity index (χ1) is 11.3. The summed E-state index contributed by atoms with van der Waals surface area (Å²) in [6, 6.07) is 8.48. The van der Waals surface area contributed by atoms with Crippen LogP contribution in [0.5, 0.6) is 0 Å². The number of carbonyl (C=O) groups excluding carboxylic acids is 2. The van der Waals surface area contributed by atoms with E-state index in [4.69, 9.17) is 4.74 Å². The number of nitrogens with one attached hydrogen (secondary N) is 2. The third-order valence-corrected chi connectivity index (χ3v) is 2.93. The zero-order valence-electron chi connectivity index (χ0n) is 14.3. The van der Waals surface area contributed by atoms with Gasteiger partial charge in [0, 0.05) is 17.4 Å². The highest BCUT2D eigenvalue weighted by molar-refractivity contribution is 5.90. The first-order valence-corrected chi connectivity index (χ1v) is 7.71. The summed E-state index contributed by atoms with van der Waals surface area (Å²) in [5, 5.41) is 9.79. The molecule has 128 valence electrons. The van der Waals surface area contributed by atoms with Crippen molar-refractivity contribution >= 4 is 17.7 Å². The summed E-state index contributed by atoms with van der Waals surface area (Å²) in [5.74, 6) is -0.463. The second kappa shape index (κ2) is 7.16. The Hall–Kier alpha value is -2.83. The highest BCUT2D eigenvalue weighted by Gasteiger charge is 2.14. The van der Waals surface area contributed by atoms with Gasteiger partial charge in [0.1, 0.15) is 0 Å². The van der Waals surface area contributed by atoms with Gasteiger partial charge in [-0.3, -0.25) is 0 Å². The Kier molecular flexibility index (Phi) is 5.23. The van der Waals surface area contributed by atoms with Crippen LogP contribution in [0, 0.1) is 0 Å². The molecular weight excluding hydrogens is 308 g/mol. The van der Waals surface area contributed by atoms with Crippen molar-refractivity contribution in [2.75, 3.05) is 11.9 Å². The van der Waals surface area contributed by atoms with E-state index in [1.807, 2.05) is 26.8 Å². The highest BCUT2D eigenvalue weighted by Crippen LogP contribution is 2.15. The van der Waals surface area contributed by atoms with Gasteiger partial charge < -0.3 is 15.4 Å². The lowest BCUT2D eigenvalue weighted by Gasteiger charge is -2.20. The maximum atomic E-state index is 11.9. The van der Waals surface area contributed by atoms with Crippen LogP contribution in [0.3, 0.4) is 0 Å². The fourth-order valence-electron chi connectivity index (χ4n) is 2.01. The first kappa shape index (κ1) is 17.5. The summed E-state index contributed by atoms with van der Waals surface area (Å²) in [5.41, 5.74) is 1.26. The zero-order valence-corrected chi connectivity index (χ0v) is 14.3. The van der Waals surface area contributed by atoms with Crippen LogP contribution in [-0.4, -0.2) is 33.9 Å². The number of carbonyl (C=O) groups is 2. The number of nitrogens with zero attached hydrogens (tertiary/aromatic N) is 2. The van der Waals surface area contributed by atoms with Crippen molar-refractivity contribution in [2.24, 2.45) is 0 Å². The molecule has 0 saturated carbocycles. The molecule has 7 heteroatoms. The Balaban J connectivity index is 2.13. The van der Waals surface area contributed by atoms with E-state index in [0.717, 1.165) is 5.69 Å². The highest BCUT2D eigenvalue weighted by atomic mass is 16.5. The number of hydrogen-bond donors (Lipinski definition) is 2. The largest absolute Gasteiger partial charge is 0.461 e. The summed E-state index contributed by atoms with van der Waals surface area (Å²) in [6.45, 7) is 7.76. The van der Waals surface area contributed by atoms with Crippen molar-refractivity contribution in [3.05, 3.63) is 42.2 Å². The van der Waals surface area contributed by atoms with E-state index >= 15 is 0 Å². The van der Waals surface area contributed by atoms with Crippen LogP contribution in [-0.2, 0) is 4.74 Å². The predicted octanol–water partition coefficient (Wildman–Crippen LogP) is 2.97. The number of aromatic nitrogens is 2. The van der Waals surface area contributed by atoms with E-state index in [1.54, 1.807) is 42.1 Å². The van der Waals surface area contributed by atoms with Crippen LogP contribution in [0.2, 0.25) is 0 Å². The smallest absolute Gasteiger partial charge is 0.358 e. The quantitative estimate of drug-likeness (QED) is 0.844. The number of amides is 2. The Labute approximate surface area is 141 Å². The molecular formula is C17H22N4O3. The van der Waals surface area contributed by atoms with E-state index in [1.165, 1.54) is 0 Å². The Morgan fingerprint density at radius 2 is 2.00 bits per heavy atom. The number of urea groups is 1. The van der Waals surface area contributed by atoms with E-state index in [0.29, 0.717) is 12.3 Å². The lowest BCUT2D eigenvalue weighted by atomic mass is 10.1. The van der Waals surface area contributed by atoms with Crippen molar-refractivity contribution < 1.29 is 14.3 Å². The van der Waals surface area contributed by atoms with Gasteiger partial charge >= 0.3 is 12.0 Å². The van der Waals surface area contributed by atoms with Crippen LogP contribution >= 0.6 is 0 Å². The molecule has 2 aromatic rings. The minimum absolute atomic E-state index is 0.237. The van der Waals surface area contributed by atoms with Gasteiger partial charge in [0.05, 0.1) is 12.3 Å². The monoisotopic (exact) mass is 330 g/mol. The minimum atomic E-state index is -0.463. The van der Waals surface area contributed by atoms with Crippen molar-refractivity contribution in [1.29, 1.82) is 0 Å². The molecule has 2 amide bonds. The van der Waals surface area contributed by atoms with E-state index in [-0.39, 0.29) is 17.3 Å². The normalized spacial score (nSPS) is 11.0. The number of benzene rings is 1. The van der Waals surface area contributed by atoms with Crippen molar-refractivity contribution in [3.8, 4) is 5.69 Å². The molecule has 0 fully saturated rings. The maximum absolute atomic E-state index is 11.9. The first-order valence-electron chi connectivity index (χ1n) is 7.71. The topological polar surface area (TPSA) is 85.2 Å². The SMILES string of the molecule is CCOC(=O)c1ccn(-c2cccc(NC(=O)NC(C)(C)C)c2)n1. The molecule has 0 aliphatic heterocycles. The lowest BCUT2D eigenvalue weighted by Crippen LogP contribution is -2.43. The molecule has 7 nitrogen and oxygen atoms in total. The molecule has 0 spiro atoms. The van der Waals surface area contributed by atoms with E-state index in [9.17, 15) is 9.59 Å². The maximum Gasteiger partial charge on any atom is 0.358 e. The molecule has 0 aliphatic rings. The summed E-state index contributed by atoms with van der Waals surface area (Å²) in [6.07, 6.45) is 1.67. The average Bonchev–Trinajstić information content (AvgIpc) is 2.95. The Bertz CT molecular complexity index is 731. The van der Waals surface area contributed by atoms with Gasteiger partial charge in [-0.05, 0) is 52.0 Å². The third kappa shape index (κ3) is 4.84. The van der Waals surface area contributed by atoms with E-state index in [2.05, 4.69) is 15.7 Å². The molecule has 1 heterocycles. The Morgan fingerprint density at radius 3 is 2.67 bits per heavy atom. The number of esters is 1. The number of ether oxygens (including phenoxy) is 1. The summed E-state index contributed by atoms with van der Waals surface area (Å²) < 4.78 is 6.47. The van der Waals surface area contributed by atoms with Gasteiger partial charge in [0.2, 0.25) is 0 Å². The molecule has 1 aromatic carbocycles. The van der Waals surface area contributed by atoms with Gasteiger partial charge in [-0.2, -0.15) is 5.10 Å². The summed E-state index contributed by atoms with van der Waals surface area (Å²) in [7, 11) is 0. The number of anilines is 1. The van der Waals surface area contributed by atoms with Gasteiger partial charge in [-0.15, -0.1) is 0 Å². The van der Waals surface area contributed by atoms with Gasteiger partial charge in [0.25, 0.3) is 0 Å². The number of rotatable bonds is 4. The molecule has 0 bridgehead atoms. The van der Waals surface area contributed by atoms with Crippen LogP contribution in [0.1, 0.15) is 38.2 Å². The molecule has 1 aromatic heterocycles. The third-order valence-electron chi connectivity index (χ3n) is 2.93. The van der Waals surface area contributed by atoms with E-state index < -0.39 is 5.97 Å². The summed E-state index contributed by atoms with van der Waals surface area (Å²) >= 11 is 0. The summed E-state index contributed by atoms with van der Waals surface area (Å²) in [4.78, 5) is 23.6. The average molecular weight is 330 g/mol. The molecule has 2 N–H and O–H groups in total.